The third-order valence-corrected chi connectivity index (χ3v) is 2.10. The van der Waals surface area contributed by atoms with Gasteiger partial charge in [-0.3, -0.25) is 0 Å². The van der Waals surface area contributed by atoms with E-state index in [0.717, 1.165) is 5.57 Å². The molecule has 0 saturated heterocycles. The fourth-order valence-corrected chi connectivity index (χ4v) is 1.14. The Balaban J connectivity index is 0.000001000. The van der Waals surface area contributed by atoms with Crippen LogP contribution in [0.3, 0.4) is 0 Å². The topological polar surface area (TPSA) is 34.1 Å². The van der Waals surface area contributed by atoms with Crippen LogP contribution in [-0.2, 0) is 10.3 Å². The molecule has 0 atom stereocenters. The standard InChI is InChI=1S/C7H8O2S.ClH/c1-6-2-4-7(5-3-6)10(8)9;/h2-4H,5H2,1H3;1H. The van der Waals surface area contributed by atoms with Gasteiger partial charge in [0.05, 0.1) is 4.86 Å². The van der Waals surface area contributed by atoms with E-state index in [-0.39, 0.29) is 12.4 Å². The molecule has 0 radical (unpaired) electrons. The molecule has 0 aromatic rings. The van der Waals surface area contributed by atoms with E-state index in [2.05, 4.69) is 0 Å². The van der Waals surface area contributed by atoms with Gasteiger partial charge in [0.1, 0.15) is 0 Å². The van der Waals surface area contributed by atoms with Crippen LogP contribution >= 0.6 is 12.4 Å². The SMILES string of the molecule is CC1=CCC(=S(=O)=O)C=C1.Cl. The predicted octanol–water partition coefficient (Wildman–Crippen LogP) is 1.37. The van der Waals surface area contributed by atoms with Crippen molar-refractivity contribution in [2.45, 2.75) is 13.3 Å². The Morgan fingerprint density at radius 3 is 2.36 bits per heavy atom. The second kappa shape index (κ2) is 4.36. The molecule has 0 saturated carbocycles. The van der Waals surface area contributed by atoms with E-state index in [0.29, 0.717) is 11.3 Å². The van der Waals surface area contributed by atoms with Gasteiger partial charge in [0.15, 0.2) is 0 Å². The van der Waals surface area contributed by atoms with Gasteiger partial charge in [-0.15, -0.1) is 12.4 Å². The summed E-state index contributed by atoms with van der Waals surface area (Å²) in [6.07, 6.45) is 5.87. The highest BCUT2D eigenvalue weighted by Gasteiger charge is 1.98. The van der Waals surface area contributed by atoms with Gasteiger partial charge in [0.25, 0.3) is 0 Å². The lowest BCUT2D eigenvalue weighted by atomic mass is 10.1. The molecule has 0 fully saturated rings. The largest absolute Gasteiger partial charge is 0.217 e. The Kier molecular flexibility index (Phi) is 4.15. The first-order chi connectivity index (χ1) is 4.70. The van der Waals surface area contributed by atoms with Crippen molar-refractivity contribution >= 4 is 27.6 Å². The highest BCUT2D eigenvalue weighted by atomic mass is 35.5. The Morgan fingerprint density at radius 2 is 2.00 bits per heavy atom. The number of allylic oxidation sites excluding steroid dienone is 4. The Hall–Kier alpha value is -0.540. The van der Waals surface area contributed by atoms with E-state index in [4.69, 9.17) is 0 Å². The number of hydrogen-bond acceptors (Lipinski definition) is 2. The molecule has 0 aliphatic heterocycles. The van der Waals surface area contributed by atoms with E-state index in [1.807, 2.05) is 13.0 Å². The minimum atomic E-state index is -2.03. The predicted molar refractivity (Wildman–Crippen MR) is 48.7 cm³/mol. The van der Waals surface area contributed by atoms with Crippen molar-refractivity contribution in [2.24, 2.45) is 0 Å². The molecule has 0 aromatic heterocycles. The third kappa shape index (κ3) is 2.91. The maximum atomic E-state index is 10.3. The summed E-state index contributed by atoms with van der Waals surface area (Å²) in [5, 5.41) is 0. The van der Waals surface area contributed by atoms with Gasteiger partial charge < -0.3 is 0 Å². The van der Waals surface area contributed by atoms with Crippen molar-refractivity contribution in [3.05, 3.63) is 23.8 Å². The number of rotatable bonds is 0. The van der Waals surface area contributed by atoms with Crippen LogP contribution in [0.25, 0.3) is 0 Å². The van der Waals surface area contributed by atoms with E-state index in [9.17, 15) is 8.42 Å². The summed E-state index contributed by atoms with van der Waals surface area (Å²) in [6.45, 7) is 1.95. The van der Waals surface area contributed by atoms with Crippen LogP contribution in [0.1, 0.15) is 13.3 Å². The van der Waals surface area contributed by atoms with Gasteiger partial charge in [-0.2, -0.15) is 8.42 Å². The number of halogens is 1. The van der Waals surface area contributed by atoms with Gasteiger partial charge in [-0.25, -0.2) is 0 Å². The van der Waals surface area contributed by atoms with Crippen LogP contribution in [-0.4, -0.2) is 13.3 Å². The highest BCUT2D eigenvalue weighted by Crippen LogP contribution is 2.05. The molecule has 0 unspecified atom stereocenters. The van der Waals surface area contributed by atoms with Crippen LogP contribution in [0.15, 0.2) is 23.8 Å². The van der Waals surface area contributed by atoms with E-state index in [1.165, 1.54) is 0 Å². The summed E-state index contributed by atoms with van der Waals surface area (Å²) < 4.78 is 20.7. The third-order valence-electron chi connectivity index (χ3n) is 1.37. The van der Waals surface area contributed by atoms with Crippen molar-refractivity contribution < 1.29 is 8.42 Å². The summed E-state index contributed by atoms with van der Waals surface area (Å²) in [5.74, 6) is 0. The molecule has 62 valence electrons. The minimum absolute atomic E-state index is 0. The molecular formula is C7H9ClO2S. The van der Waals surface area contributed by atoms with Gasteiger partial charge in [-0.1, -0.05) is 17.7 Å². The molecule has 0 spiro atoms. The van der Waals surface area contributed by atoms with Gasteiger partial charge in [0.2, 0.25) is 10.3 Å². The maximum Gasteiger partial charge on any atom is 0.217 e. The fraction of sp³-hybridized carbons (Fsp3) is 0.286. The average Bonchev–Trinajstić information content (AvgIpc) is 1.88. The zero-order valence-corrected chi connectivity index (χ0v) is 7.71. The van der Waals surface area contributed by atoms with Crippen LogP contribution in [0.4, 0.5) is 0 Å². The van der Waals surface area contributed by atoms with Crippen LogP contribution in [0.5, 0.6) is 0 Å². The normalized spacial score (nSPS) is 15.4. The molecule has 11 heavy (non-hydrogen) atoms. The van der Waals surface area contributed by atoms with Gasteiger partial charge >= 0.3 is 0 Å². The summed E-state index contributed by atoms with van der Waals surface area (Å²) >= 11 is 0. The maximum absolute atomic E-state index is 10.3. The van der Waals surface area contributed by atoms with Crippen molar-refractivity contribution in [2.75, 3.05) is 0 Å². The zero-order chi connectivity index (χ0) is 7.56. The summed E-state index contributed by atoms with van der Waals surface area (Å²) in [5.41, 5.74) is 1.12. The first-order valence-corrected chi connectivity index (χ1v) is 4.07. The Bertz CT molecular complexity index is 314. The second-order valence-electron chi connectivity index (χ2n) is 2.19. The summed E-state index contributed by atoms with van der Waals surface area (Å²) in [7, 11) is -2.03. The van der Waals surface area contributed by atoms with Crippen molar-refractivity contribution in [3.8, 4) is 0 Å². The van der Waals surface area contributed by atoms with Gasteiger partial charge in [-0.05, 0) is 13.0 Å². The molecule has 0 bridgehead atoms. The van der Waals surface area contributed by atoms with E-state index < -0.39 is 10.3 Å². The lowest BCUT2D eigenvalue weighted by Crippen LogP contribution is -1.97. The fourth-order valence-electron chi connectivity index (χ4n) is 0.746. The molecule has 0 N–H and O–H groups in total. The molecule has 1 aliphatic rings. The van der Waals surface area contributed by atoms with Gasteiger partial charge in [0, 0.05) is 6.42 Å². The smallest absolute Gasteiger partial charge is 0.184 e. The summed E-state index contributed by atoms with van der Waals surface area (Å²) in [4.78, 5) is 0.464. The second-order valence-corrected chi connectivity index (χ2v) is 3.18. The van der Waals surface area contributed by atoms with E-state index in [1.54, 1.807) is 12.2 Å². The van der Waals surface area contributed by atoms with Crippen molar-refractivity contribution in [1.29, 1.82) is 0 Å². The van der Waals surface area contributed by atoms with Crippen LogP contribution in [0.2, 0.25) is 0 Å². The lowest BCUT2D eigenvalue weighted by molar-refractivity contribution is 0.627. The van der Waals surface area contributed by atoms with Crippen molar-refractivity contribution in [3.63, 3.8) is 0 Å². The molecule has 1 rings (SSSR count). The first kappa shape index (κ1) is 10.5. The monoisotopic (exact) mass is 192 g/mol. The zero-order valence-electron chi connectivity index (χ0n) is 6.07. The Labute approximate surface area is 73.6 Å². The highest BCUT2D eigenvalue weighted by molar-refractivity contribution is 7.73. The lowest BCUT2D eigenvalue weighted by Gasteiger charge is -1.98. The Morgan fingerprint density at radius 1 is 1.36 bits per heavy atom. The van der Waals surface area contributed by atoms with E-state index >= 15 is 0 Å². The number of hydrogen-bond donors (Lipinski definition) is 0. The molecule has 1 aliphatic carbocycles. The minimum Gasteiger partial charge on any atom is -0.184 e. The average molecular weight is 193 g/mol. The summed E-state index contributed by atoms with van der Waals surface area (Å²) in [6, 6.07) is 0. The molecular weight excluding hydrogens is 184 g/mol. The molecule has 2 nitrogen and oxygen atoms in total. The van der Waals surface area contributed by atoms with Crippen molar-refractivity contribution in [1.82, 2.24) is 0 Å². The van der Waals surface area contributed by atoms with Crippen LogP contribution < -0.4 is 0 Å². The quantitative estimate of drug-likeness (QED) is 0.544. The van der Waals surface area contributed by atoms with Crippen LogP contribution in [0, 0.1) is 0 Å². The first-order valence-electron chi connectivity index (χ1n) is 3.00. The molecule has 4 heteroatoms. The molecule has 0 amide bonds. The molecule has 0 aromatic carbocycles. The molecule has 0 heterocycles.